The number of halogens is 6. The summed E-state index contributed by atoms with van der Waals surface area (Å²) in [6, 6.07) is 13.8. The molecule has 1 fully saturated rings. The van der Waals surface area contributed by atoms with Crippen molar-refractivity contribution in [3.8, 4) is 11.5 Å². The van der Waals surface area contributed by atoms with Gasteiger partial charge in [-0.25, -0.2) is 0 Å². The molecule has 0 saturated carbocycles. The summed E-state index contributed by atoms with van der Waals surface area (Å²) in [5, 5.41) is 3.15. The second kappa shape index (κ2) is 11.7. The van der Waals surface area contributed by atoms with Crippen LogP contribution in [0.2, 0.25) is 0 Å². The van der Waals surface area contributed by atoms with Crippen molar-refractivity contribution < 1.29 is 40.6 Å². The van der Waals surface area contributed by atoms with E-state index in [2.05, 4.69) is 10.3 Å². The molecule has 1 N–H and O–H groups in total. The quantitative estimate of drug-likeness (QED) is 0.234. The van der Waals surface area contributed by atoms with Crippen molar-refractivity contribution in [1.29, 1.82) is 0 Å². The molecule has 1 saturated heterocycles. The van der Waals surface area contributed by atoms with Crippen LogP contribution in [0.4, 0.5) is 26.3 Å². The lowest BCUT2D eigenvalue weighted by molar-refractivity contribution is -0.143. The van der Waals surface area contributed by atoms with Crippen LogP contribution < -0.4 is 14.8 Å². The molecule has 0 bridgehead atoms. The van der Waals surface area contributed by atoms with Gasteiger partial charge in [-0.1, -0.05) is 42.0 Å². The smallest absolute Gasteiger partial charge is 0.416 e. The molecule has 40 heavy (non-hydrogen) atoms. The second-order valence-corrected chi connectivity index (χ2v) is 9.77. The molecule has 1 aliphatic heterocycles. The van der Waals surface area contributed by atoms with Crippen LogP contribution in [0, 0.1) is 6.92 Å². The Labute approximate surface area is 229 Å². The fourth-order valence-corrected chi connectivity index (χ4v) is 4.52. The summed E-state index contributed by atoms with van der Waals surface area (Å²) < 4.78 is 89.9. The maximum atomic E-state index is 13.4. The van der Waals surface area contributed by atoms with E-state index in [1.165, 1.54) is 19.2 Å². The first-order valence-electron chi connectivity index (χ1n) is 11.7. The van der Waals surface area contributed by atoms with Gasteiger partial charge in [-0.2, -0.15) is 26.3 Å². The molecule has 0 spiro atoms. The summed E-state index contributed by atoms with van der Waals surface area (Å²) in [5.74, 6) is -0.109. The highest BCUT2D eigenvalue weighted by molar-refractivity contribution is 8.18. The summed E-state index contributed by atoms with van der Waals surface area (Å²) >= 11 is 1.16. The molecule has 1 heterocycles. The predicted octanol–water partition coefficient (Wildman–Crippen LogP) is 7.38. The number of amidine groups is 1. The molecule has 5 nitrogen and oxygen atoms in total. The predicted molar refractivity (Wildman–Crippen MR) is 140 cm³/mol. The summed E-state index contributed by atoms with van der Waals surface area (Å²) in [6.07, 6.45) is -8.34. The highest BCUT2D eigenvalue weighted by atomic mass is 32.2. The van der Waals surface area contributed by atoms with Crippen LogP contribution in [-0.2, 0) is 30.3 Å². The Hall–Kier alpha value is -3.93. The van der Waals surface area contributed by atoms with Crippen LogP contribution in [0.5, 0.6) is 11.5 Å². The maximum Gasteiger partial charge on any atom is 0.416 e. The number of thioether (sulfide) groups is 1. The van der Waals surface area contributed by atoms with Crippen LogP contribution in [0.3, 0.4) is 0 Å². The number of hydrogen-bond acceptors (Lipinski definition) is 5. The minimum absolute atomic E-state index is 0.0634. The SMILES string of the molecule is COc1cc(/C=C2/SC(=NCc3ccc(C)cc3)NC2=O)ccc1OCc1ccc(C(F)(F)F)cc1C(F)(F)F. The second-order valence-electron chi connectivity index (χ2n) is 8.74. The van der Waals surface area contributed by atoms with Crippen molar-refractivity contribution in [2.75, 3.05) is 7.11 Å². The lowest BCUT2D eigenvalue weighted by Crippen LogP contribution is -2.19. The van der Waals surface area contributed by atoms with E-state index < -0.39 is 35.6 Å². The molecule has 3 aromatic rings. The largest absolute Gasteiger partial charge is 0.493 e. The van der Waals surface area contributed by atoms with Gasteiger partial charge in [0.05, 0.1) is 29.7 Å². The van der Waals surface area contributed by atoms with Gasteiger partial charge in [-0.3, -0.25) is 9.79 Å². The van der Waals surface area contributed by atoms with Gasteiger partial charge in [0.2, 0.25) is 0 Å². The number of ether oxygens (including phenoxy) is 2. The van der Waals surface area contributed by atoms with Gasteiger partial charge < -0.3 is 14.8 Å². The number of carbonyl (C=O) groups is 1. The molecular weight excluding hydrogens is 558 g/mol. The molecule has 0 atom stereocenters. The van der Waals surface area contributed by atoms with E-state index in [4.69, 9.17) is 9.47 Å². The number of benzene rings is 3. The Morgan fingerprint density at radius 2 is 1.65 bits per heavy atom. The minimum atomic E-state index is -5.01. The number of nitrogens with one attached hydrogen (secondary N) is 1. The molecule has 12 heteroatoms. The van der Waals surface area contributed by atoms with Crippen LogP contribution in [0.15, 0.2) is 70.6 Å². The summed E-state index contributed by atoms with van der Waals surface area (Å²) in [5.41, 5.74) is -0.646. The minimum Gasteiger partial charge on any atom is -0.493 e. The zero-order valence-corrected chi connectivity index (χ0v) is 21.9. The van der Waals surface area contributed by atoms with Crippen LogP contribution >= 0.6 is 11.8 Å². The summed E-state index contributed by atoms with van der Waals surface area (Å²) in [7, 11) is 1.32. The first-order valence-corrected chi connectivity index (χ1v) is 12.5. The van der Waals surface area contributed by atoms with Gasteiger partial charge in [0.15, 0.2) is 16.7 Å². The molecule has 4 rings (SSSR count). The zero-order valence-electron chi connectivity index (χ0n) is 21.1. The number of carbonyl (C=O) groups excluding carboxylic acids is 1. The number of alkyl halides is 6. The fraction of sp³-hybridized carbons (Fsp3) is 0.214. The third kappa shape index (κ3) is 7.17. The van der Waals surface area contributed by atoms with Crippen LogP contribution in [0.1, 0.15) is 33.4 Å². The zero-order chi connectivity index (χ0) is 29.1. The highest BCUT2D eigenvalue weighted by Crippen LogP contribution is 2.38. The Morgan fingerprint density at radius 3 is 2.30 bits per heavy atom. The fourth-order valence-electron chi connectivity index (χ4n) is 3.70. The van der Waals surface area contributed by atoms with E-state index >= 15 is 0 Å². The number of rotatable bonds is 7. The molecule has 0 aromatic heterocycles. The third-order valence-corrected chi connectivity index (χ3v) is 6.74. The monoisotopic (exact) mass is 580 g/mol. The number of hydrogen-bond donors (Lipinski definition) is 1. The molecule has 1 amide bonds. The Balaban J connectivity index is 1.48. The lowest BCUT2D eigenvalue weighted by atomic mass is 10.0. The van der Waals surface area contributed by atoms with Crippen LogP contribution in [-0.4, -0.2) is 18.2 Å². The topological polar surface area (TPSA) is 59.9 Å². The van der Waals surface area contributed by atoms with Gasteiger partial charge in [-0.15, -0.1) is 0 Å². The Morgan fingerprint density at radius 1 is 0.925 bits per heavy atom. The van der Waals surface area contributed by atoms with Gasteiger partial charge >= 0.3 is 12.4 Å². The standard InChI is InChI=1S/C28H22F6N2O3S/c1-16-3-5-17(6-4-16)14-35-26-36-25(37)24(40-26)12-18-7-10-22(23(11-18)38-2)39-15-19-8-9-20(27(29,30)31)13-21(19)28(32,33)34/h3-13H,14-15H2,1-2H3,(H,35,36,37)/b24-12+. The average Bonchev–Trinajstić information content (AvgIpc) is 3.25. The van der Waals surface area contributed by atoms with E-state index in [1.807, 2.05) is 31.2 Å². The number of amides is 1. The lowest BCUT2D eigenvalue weighted by Gasteiger charge is -2.17. The number of aryl methyl sites for hydroxylation is 1. The molecule has 0 unspecified atom stereocenters. The first-order chi connectivity index (χ1) is 18.8. The molecule has 210 valence electrons. The van der Waals surface area contributed by atoms with Gasteiger partial charge in [-0.05, 0) is 60.2 Å². The molecule has 3 aromatic carbocycles. The van der Waals surface area contributed by atoms with Crippen molar-refractivity contribution >= 4 is 28.9 Å². The van der Waals surface area contributed by atoms with Gasteiger partial charge in [0.1, 0.15) is 6.61 Å². The van der Waals surface area contributed by atoms with E-state index in [0.29, 0.717) is 28.2 Å². The van der Waals surface area contributed by atoms with E-state index in [1.54, 1.807) is 12.1 Å². The normalized spacial score (nSPS) is 15.9. The van der Waals surface area contributed by atoms with Crippen molar-refractivity contribution in [2.24, 2.45) is 4.99 Å². The number of methoxy groups -OCH3 is 1. The summed E-state index contributed by atoms with van der Waals surface area (Å²) in [6.45, 7) is 1.73. The van der Waals surface area contributed by atoms with Crippen molar-refractivity contribution in [1.82, 2.24) is 5.32 Å². The van der Waals surface area contributed by atoms with Gasteiger partial charge in [0.25, 0.3) is 5.91 Å². The Kier molecular flexibility index (Phi) is 8.48. The first kappa shape index (κ1) is 29.1. The van der Waals surface area contributed by atoms with Crippen molar-refractivity contribution in [2.45, 2.75) is 32.4 Å². The van der Waals surface area contributed by atoms with Crippen molar-refractivity contribution in [3.63, 3.8) is 0 Å². The average molecular weight is 581 g/mol. The van der Waals surface area contributed by atoms with Gasteiger partial charge in [0, 0.05) is 5.56 Å². The third-order valence-electron chi connectivity index (χ3n) is 5.79. The number of aliphatic imine (C=N–C) groups is 1. The molecular formula is C28H22F6N2O3S. The Bertz CT molecular complexity index is 1460. The maximum absolute atomic E-state index is 13.4. The summed E-state index contributed by atoms with van der Waals surface area (Å²) in [4.78, 5) is 17.2. The molecule has 1 aliphatic rings. The molecule has 0 aliphatic carbocycles. The van der Waals surface area contributed by atoms with Crippen LogP contribution in [0.25, 0.3) is 6.08 Å². The highest BCUT2D eigenvalue weighted by Gasteiger charge is 2.38. The molecule has 0 radical (unpaired) electrons. The number of nitrogens with zero attached hydrogens (tertiary/aromatic N) is 1. The van der Waals surface area contributed by atoms with E-state index in [9.17, 15) is 31.1 Å². The van der Waals surface area contributed by atoms with Crippen molar-refractivity contribution in [3.05, 3.63) is 98.9 Å². The van der Waals surface area contributed by atoms with E-state index in [-0.39, 0.29) is 23.5 Å². The van der Waals surface area contributed by atoms with E-state index in [0.717, 1.165) is 29.0 Å².